The van der Waals surface area contributed by atoms with Gasteiger partial charge >= 0.3 is 0 Å². The quantitative estimate of drug-likeness (QED) is 0.699. The van der Waals surface area contributed by atoms with Crippen LogP contribution >= 0.6 is 0 Å². The van der Waals surface area contributed by atoms with Gasteiger partial charge < -0.3 is 10.6 Å². The molecule has 0 atom stereocenters. The Morgan fingerprint density at radius 2 is 1.69 bits per heavy atom. The van der Waals surface area contributed by atoms with Gasteiger partial charge in [-0.1, -0.05) is 62.4 Å². The van der Waals surface area contributed by atoms with Crippen molar-refractivity contribution in [2.75, 3.05) is 5.32 Å². The highest BCUT2D eigenvalue weighted by molar-refractivity contribution is 5.92. The summed E-state index contributed by atoms with van der Waals surface area (Å²) in [6, 6.07) is 17.9. The molecule has 0 spiro atoms. The fourth-order valence-electron chi connectivity index (χ4n) is 2.63. The minimum Gasteiger partial charge on any atom is -0.347 e. The summed E-state index contributed by atoms with van der Waals surface area (Å²) >= 11 is 0. The largest absolute Gasteiger partial charge is 0.347 e. The molecule has 132 valence electrons. The van der Waals surface area contributed by atoms with Gasteiger partial charge in [0.2, 0.25) is 0 Å². The smallest absolute Gasteiger partial charge is 0.271 e. The van der Waals surface area contributed by atoms with E-state index in [9.17, 15) is 4.79 Å². The van der Waals surface area contributed by atoms with Crippen LogP contribution in [0.15, 0.2) is 67.0 Å². The van der Waals surface area contributed by atoms with Crippen LogP contribution < -0.4 is 10.6 Å². The number of nitrogens with zero attached hydrogens (tertiary/aromatic N) is 2. The zero-order valence-corrected chi connectivity index (χ0v) is 14.9. The molecule has 0 aliphatic heterocycles. The van der Waals surface area contributed by atoms with Gasteiger partial charge in [-0.2, -0.15) is 0 Å². The number of carbonyl (C=O) groups excluding carboxylic acids is 1. The highest BCUT2D eigenvalue weighted by atomic mass is 16.1. The first-order valence-corrected chi connectivity index (χ1v) is 8.63. The predicted octanol–water partition coefficient (Wildman–Crippen LogP) is 4.27. The minimum atomic E-state index is -0.240. The van der Waals surface area contributed by atoms with Gasteiger partial charge in [-0.15, -0.1) is 0 Å². The molecule has 5 heteroatoms. The molecule has 1 amide bonds. The molecule has 0 unspecified atom stereocenters. The van der Waals surface area contributed by atoms with E-state index in [0.717, 1.165) is 11.3 Å². The Kier molecular flexibility index (Phi) is 5.59. The SMILES string of the molecule is CC(C)c1ccccc1Nc1cnc(C(=O)NCc2ccccc2)cn1. The van der Waals surface area contributed by atoms with E-state index in [4.69, 9.17) is 0 Å². The zero-order chi connectivity index (χ0) is 18.4. The Morgan fingerprint density at radius 3 is 2.38 bits per heavy atom. The number of aromatic nitrogens is 2. The molecule has 0 fully saturated rings. The molecule has 26 heavy (non-hydrogen) atoms. The second-order valence-corrected chi connectivity index (χ2v) is 6.32. The molecule has 2 N–H and O–H groups in total. The van der Waals surface area contributed by atoms with Crippen LogP contribution in [0.5, 0.6) is 0 Å². The highest BCUT2D eigenvalue weighted by Gasteiger charge is 2.10. The van der Waals surface area contributed by atoms with Crippen molar-refractivity contribution < 1.29 is 4.79 Å². The van der Waals surface area contributed by atoms with Crippen LogP contribution in [-0.2, 0) is 6.54 Å². The zero-order valence-electron chi connectivity index (χ0n) is 14.9. The summed E-state index contributed by atoms with van der Waals surface area (Å²) in [6.45, 7) is 4.75. The number of carbonyl (C=O) groups is 1. The van der Waals surface area contributed by atoms with Crippen molar-refractivity contribution in [1.82, 2.24) is 15.3 Å². The summed E-state index contributed by atoms with van der Waals surface area (Å²) in [6.07, 6.45) is 3.06. The molecule has 0 aliphatic carbocycles. The molecular formula is C21H22N4O. The fourth-order valence-corrected chi connectivity index (χ4v) is 2.63. The third-order valence-corrected chi connectivity index (χ3v) is 4.03. The number of hydrogen-bond donors (Lipinski definition) is 2. The van der Waals surface area contributed by atoms with Crippen molar-refractivity contribution in [3.05, 3.63) is 83.8 Å². The lowest BCUT2D eigenvalue weighted by Gasteiger charge is -2.13. The van der Waals surface area contributed by atoms with E-state index in [1.807, 2.05) is 48.5 Å². The molecule has 5 nitrogen and oxygen atoms in total. The van der Waals surface area contributed by atoms with Crippen LogP contribution in [0.4, 0.5) is 11.5 Å². The summed E-state index contributed by atoms with van der Waals surface area (Å²) < 4.78 is 0. The number of rotatable bonds is 6. The first-order chi connectivity index (χ1) is 12.6. The van der Waals surface area contributed by atoms with E-state index in [-0.39, 0.29) is 5.91 Å². The highest BCUT2D eigenvalue weighted by Crippen LogP contribution is 2.25. The maximum Gasteiger partial charge on any atom is 0.271 e. The number of anilines is 2. The molecule has 0 aliphatic rings. The van der Waals surface area contributed by atoms with E-state index < -0.39 is 0 Å². The molecule has 1 heterocycles. The maximum absolute atomic E-state index is 12.2. The summed E-state index contributed by atoms with van der Waals surface area (Å²) in [5, 5.41) is 6.12. The van der Waals surface area contributed by atoms with Crippen LogP contribution in [0.2, 0.25) is 0 Å². The van der Waals surface area contributed by atoms with Crippen molar-refractivity contribution in [2.45, 2.75) is 26.3 Å². The Morgan fingerprint density at radius 1 is 0.962 bits per heavy atom. The normalized spacial score (nSPS) is 10.6. The van der Waals surface area contributed by atoms with Crippen LogP contribution in [0, 0.1) is 0 Å². The van der Waals surface area contributed by atoms with Crippen molar-refractivity contribution in [3.63, 3.8) is 0 Å². The van der Waals surface area contributed by atoms with Gasteiger partial charge in [-0.25, -0.2) is 9.97 Å². The number of benzene rings is 2. The average Bonchev–Trinajstić information content (AvgIpc) is 2.68. The average molecular weight is 346 g/mol. The Balaban J connectivity index is 1.64. The van der Waals surface area contributed by atoms with E-state index >= 15 is 0 Å². The second-order valence-electron chi connectivity index (χ2n) is 6.32. The third-order valence-electron chi connectivity index (χ3n) is 4.03. The number of amides is 1. The van der Waals surface area contributed by atoms with Crippen molar-refractivity contribution >= 4 is 17.4 Å². The van der Waals surface area contributed by atoms with Gasteiger partial charge in [0.15, 0.2) is 0 Å². The first kappa shape index (κ1) is 17.6. The Labute approximate surface area is 153 Å². The predicted molar refractivity (Wildman–Crippen MR) is 103 cm³/mol. The standard InChI is InChI=1S/C21H22N4O/c1-15(2)17-10-6-7-11-18(17)25-20-14-22-19(13-23-20)21(26)24-12-16-8-4-3-5-9-16/h3-11,13-15H,12H2,1-2H3,(H,23,25)(H,24,26). The van der Waals surface area contributed by atoms with Crippen LogP contribution in [0.3, 0.4) is 0 Å². The van der Waals surface area contributed by atoms with Crippen molar-refractivity contribution in [2.24, 2.45) is 0 Å². The second kappa shape index (κ2) is 8.25. The molecule has 1 aromatic heterocycles. The molecule has 0 saturated heterocycles. The van der Waals surface area contributed by atoms with Gasteiger partial charge in [-0.3, -0.25) is 4.79 Å². The lowest BCUT2D eigenvalue weighted by molar-refractivity contribution is 0.0945. The summed E-state index contributed by atoms with van der Waals surface area (Å²) in [4.78, 5) is 20.7. The van der Waals surface area contributed by atoms with Crippen molar-refractivity contribution in [3.8, 4) is 0 Å². The topological polar surface area (TPSA) is 66.9 Å². The van der Waals surface area contributed by atoms with Gasteiger partial charge in [0.25, 0.3) is 5.91 Å². The molecule has 3 aromatic rings. The third kappa shape index (κ3) is 4.45. The lowest BCUT2D eigenvalue weighted by atomic mass is 10.0. The number of hydrogen-bond acceptors (Lipinski definition) is 4. The molecule has 3 rings (SSSR count). The van der Waals surface area contributed by atoms with Gasteiger partial charge in [0.1, 0.15) is 11.5 Å². The van der Waals surface area contributed by atoms with E-state index in [0.29, 0.717) is 24.0 Å². The fraction of sp³-hybridized carbons (Fsp3) is 0.190. The Hall–Kier alpha value is -3.21. The number of nitrogens with one attached hydrogen (secondary N) is 2. The monoisotopic (exact) mass is 346 g/mol. The lowest BCUT2D eigenvalue weighted by Crippen LogP contribution is -2.24. The van der Waals surface area contributed by atoms with Gasteiger partial charge in [0.05, 0.1) is 12.4 Å². The molecular weight excluding hydrogens is 324 g/mol. The van der Waals surface area contributed by atoms with E-state index in [1.54, 1.807) is 6.20 Å². The molecule has 2 aromatic carbocycles. The molecule has 0 bridgehead atoms. The van der Waals surface area contributed by atoms with Crippen LogP contribution in [0.25, 0.3) is 0 Å². The van der Waals surface area contributed by atoms with Gasteiger partial charge in [-0.05, 0) is 23.1 Å². The van der Waals surface area contributed by atoms with Crippen LogP contribution in [0.1, 0.15) is 41.4 Å². The minimum absolute atomic E-state index is 0.240. The molecule has 0 saturated carbocycles. The Bertz CT molecular complexity index is 861. The molecule has 0 radical (unpaired) electrons. The van der Waals surface area contributed by atoms with E-state index in [2.05, 4.69) is 40.5 Å². The van der Waals surface area contributed by atoms with E-state index in [1.165, 1.54) is 11.8 Å². The van der Waals surface area contributed by atoms with Crippen molar-refractivity contribution in [1.29, 1.82) is 0 Å². The van der Waals surface area contributed by atoms with Crippen LogP contribution in [-0.4, -0.2) is 15.9 Å². The maximum atomic E-state index is 12.2. The summed E-state index contributed by atoms with van der Waals surface area (Å²) in [7, 11) is 0. The number of para-hydroxylation sites is 1. The van der Waals surface area contributed by atoms with Gasteiger partial charge in [0, 0.05) is 12.2 Å². The summed E-state index contributed by atoms with van der Waals surface area (Å²) in [5.74, 6) is 0.767. The summed E-state index contributed by atoms with van der Waals surface area (Å²) in [5.41, 5.74) is 3.54. The first-order valence-electron chi connectivity index (χ1n) is 8.63.